The summed E-state index contributed by atoms with van der Waals surface area (Å²) in [7, 11) is 3.62. The fraction of sp³-hybridized carbons (Fsp3) is 0.333. The molecule has 1 aliphatic rings. The van der Waals surface area contributed by atoms with Crippen LogP contribution in [0.4, 0.5) is 5.82 Å². The number of ether oxygens (including phenoxy) is 1. The average molecular weight is 389 g/mol. The van der Waals surface area contributed by atoms with Crippen molar-refractivity contribution in [1.82, 2.24) is 14.9 Å². The highest BCUT2D eigenvalue weighted by Crippen LogP contribution is 2.29. The molecule has 0 amide bonds. The maximum absolute atomic E-state index is 5.27. The van der Waals surface area contributed by atoms with Crippen LogP contribution in [0, 0.1) is 0 Å². The van der Waals surface area contributed by atoms with Crippen LogP contribution in [0.3, 0.4) is 0 Å². The molecule has 1 atom stereocenters. The lowest BCUT2D eigenvalue weighted by molar-refractivity contribution is 0.198. The minimum absolute atomic E-state index is 0.455. The highest BCUT2D eigenvalue weighted by atomic mass is 16.5. The summed E-state index contributed by atoms with van der Waals surface area (Å²) >= 11 is 0. The standard InChI is InChI=1S/C24H28N4O/c1-25-24-20(6-4-14-26-24)17-28-15-5-7-19(16-28)23-9-3-8-22(27-23)18-10-12-21(29-2)13-11-18/h3-4,6,8-14,19H,5,7,15-17H2,1-2H3,(H,25,26). The summed E-state index contributed by atoms with van der Waals surface area (Å²) in [5.41, 5.74) is 4.57. The first-order valence-electron chi connectivity index (χ1n) is 10.2. The summed E-state index contributed by atoms with van der Waals surface area (Å²) in [6.07, 6.45) is 4.21. The molecule has 5 nitrogen and oxygen atoms in total. The van der Waals surface area contributed by atoms with Crippen LogP contribution in [0.1, 0.15) is 30.0 Å². The van der Waals surface area contributed by atoms with E-state index in [2.05, 4.69) is 51.6 Å². The number of aromatic nitrogens is 2. The largest absolute Gasteiger partial charge is 0.497 e. The SMILES string of the molecule is CNc1ncccc1CN1CCCC(c2cccc(-c3ccc(OC)cc3)n2)C1. The number of nitrogens with zero attached hydrogens (tertiary/aromatic N) is 3. The van der Waals surface area contributed by atoms with Gasteiger partial charge in [0.05, 0.1) is 12.8 Å². The van der Waals surface area contributed by atoms with E-state index in [1.165, 1.54) is 24.1 Å². The maximum Gasteiger partial charge on any atom is 0.130 e. The fourth-order valence-corrected chi connectivity index (χ4v) is 4.07. The molecule has 1 N–H and O–H groups in total. The van der Waals surface area contributed by atoms with Crippen molar-refractivity contribution >= 4 is 5.82 Å². The second-order valence-corrected chi connectivity index (χ2v) is 7.51. The van der Waals surface area contributed by atoms with Crippen molar-refractivity contribution in [3.05, 3.63) is 72.1 Å². The van der Waals surface area contributed by atoms with Crippen LogP contribution in [0.5, 0.6) is 5.75 Å². The Morgan fingerprint density at radius 3 is 2.76 bits per heavy atom. The van der Waals surface area contributed by atoms with E-state index < -0.39 is 0 Å². The molecule has 3 aromatic rings. The summed E-state index contributed by atoms with van der Waals surface area (Å²) in [6.45, 7) is 3.06. The molecule has 0 spiro atoms. The van der Waals surface area contributed by atoms with Crippen LogP contribution in [-0.4, -0.2) is 42.1 Å². The molecule has 4 rings (SSSR count). The Kier molecular flexibility index (Phi) is 6.06. The Balaban J connectivity index is 1.49. The van der Waals surface area contributed by atoms with Gasteiger partial charge in [-0.3, -0.25) is 9.88 Å². The van der Waals surface area contributed by atoms with Crippen molar-refractivity contribution in [2.45, 2.75) is 25.3 Å². The van der Waals surface area contributed by atoms with Gasteiger partial charge in [-0.1, -0.05) is 12.1 Å². The monoisotopic (exact) mass is 388 g/mol. The third-order valence-corrected chi connectivity index (χ3v) is 5.60. The topological polar surface area (TPSA) is 50.3 Å². The molecule has 1 aliphatic heterocycles. The lowest BCUT2D eigenvalue weighted by Gasteiger charge is -2.33. The number of pyridine rings is 2. The van der Waals surface area contributed by atoms with E-state index in [9.17, 15) is 0 Å². The second-order valence-electron chi connectivity index (χ2n) is 7.51. The van der Waals surface area contributed by atoms with Crippen LogP contribution in [0.25, 0.3) is 11.3 Å². The molecule has 2 aromatic heterocycles. The smallest absolute Gasteiger partial charge is 0.130 e. The number of nitrogens with one attached hydrogen (secondary N) is 1. The number of piperidine rings is 1. The second kappa shape index (κ2) is 9.05. The summed E-state index contributed by atoms with van der Waals surface area (Å²) in [6, 6.07) is 18.7. The van der Waals surface area contributed by atoms with Gasteiger partial charge < -0.3 is 10.1 Å². The molecule has 0 saturated carbocycles. The van der Waals surface area contributed by atoms with Gasteiger partial charge in [0.25, 0.3) is 0 Å². The molecule has 3 heterocycles. The van der Waals surface area contributed by atoms with Crippen molar-refractivity contribution in [3.63, 3.8) is 0 Å². The summed E-state index contributed by atoms with van der Waals surface area (Å²) in [4.78, 5) is 12.0. The van der Waals surface area contributed by atoms with Gasteiger partial charge in [-0.15, -0.1) is 0 Å². The van der Waals surface area contributed by atoms with E-state index >= 15 is 0 Å². The zero-order valence-electron chi connectivity index (χ0n) is 17.1. The van der Waals surface area contributed by atoms with Gasteiger partial charge in [-0.05, 0) is 61.9 Å². The normalized spacial score (nSPS) is 17.1. The number of rotatable bonds is 6. The van der Waals surface area contributed by atoms with E-state index in [4.69, 9.17) is 9.72 Å². The van der Waals surface area contributed by atoms with Crippen molar-refractivity contribution in [1.29, 1.82) is 0 Å². The molecule has 1 fully saturated rings. The van der Waals surface area contributed by atoms with Crippen molar-refractivity contribution < 1.29 is 4.74 Å². The third kappa shape index (κ3) is 4.57. The van der Waals surface area contributed by atoms with Gasteiger partial charge in [0.15, 0.2) is 0 Å². The van der Waals surface area contributed by atoms with Crippen molar-refractivity contribution in [2.75, 3.05) is 32.6 Å². The molecule has 5 heteroatoms. The molecule has 1 aromatic carbocycles. The summed E-state index contributed by atoms with van der Waals surface area (Å²) in [5.74, 6) is 2.29. The third-order valence-electron chi connectivity index (χ3n) is 5.60. The molecule has 0 aliphatic carbocycles. The summed E-state index contributed by atoms with van der Waals surface area (Å²) in [5, 5.41) is 3.20. The first-order valence-corrected chi connectivity index (χ1v) is 10.2. The van der Waals surface area contributed by atoms with Gasteiger partial charge in [0.2, 0.25) is 0 Å². The Bertz CT molecular complexity index is 942. The molecule has 29 heavy (non-hydrogen) atoms. The first kappa shape index (κ1) is 19.4. The number of likely N-dealkylation sites (tertiary alicyclic amines) is 1. The van der Waals surface area contributed by atoms with Crippen LogP contribution in [0.15, 0.2) is 60.8 Å². The van der Waals surface area contributed by atoms with E-state index in [0.717, 1.165) is 42.5 Å². The van der Waals surface area contributed by atoms with Crippen LogP contribution >= 0.6 is 0 Å². The van der Waals surface area contributed by atoms with Crippen LogP contribution in [0.2, 0.25) is 0 Å². The molecule has 0 bridgehead atoms. The number of methoxy groups -OCH3 is 1. The molecule has 1 unspecified atom stereocenters. The van der Waals surface area contributed by atoms with E-state index in [1.807, 2.05) is 31.4 Å². The predicted molar refractivity (Wildman–Crippen MR) is 117 cm³/mol. The predicted octanol–water partition coefficient (Wildman–Crippen LogP) is 4.57. The zero-order chi connectivity index (χ0) is 20.1. The van der Waals surface area contributed by atoms with Crippen LogP contribution < -0.4 is 10.1 Å². The minimum Gasteiger partial charge on any atom is -0.497 e. The number of anilines is 1. The van der Waals surface area contributed by atoms with Crippen molar-refractivity contribution in [2.24, 2.45) is 0 Å². The Morgan fingerprint density at radius 2 is 1.97 bits per heavy atom. The van der Waals surface area contributed by atoms with E-state index in [1.54, 1.807) is 7.11 Å². The van der Waals surface area contributed by atoms with Gasteiger partial charge in [0, 0.05) is 49.1 Å². The van der Waals surface area contributed by atoms with E-state index in [-0.39, 0.29) is 0 Å². The molecule has 150 valence electrons. The highest BCUT2D eigenvalue weighted by Gasteiger charge is 2.23. The van der Waals surface area contributed by atoms with Crippen LogP contribution in [-0.2, 0) is 6.54 Å². The maximum atomic E-state index is 5.27. The lowest BCUT2D eigenvalue weighted by atomic mass is 9.93. The van der Waals surface area contributed by atoms with E-state index in [0.29, 0.717) is 5.92 Å². The first-order chi connectivity index (χ1) is 14.3. The minimum atomic E-state index is 0.455. The number of hydrogen-bond donors (Lipinski definition) is 1. The molecule has 0 radical (unpaired) electrons. The molecule has 1 saturated heterocycles. The quantitative estimate of drug-likeness (QED) is 0.670. The zero-order valence-corrected chi connectivity index (χ0v) is 17.1. The summed E-state index contributed by atoms with van der Waals surface area (Å²) < 4.78 is 5.27. The highest BCUT2D eigenvalue weighted by molar-refractivity contribution is 5.60. The Morgan fingerprint density at radius 1 is 1.10 bits per heavy atom. The van der Waals surface area contributed by atoms with Gasteiger partial charge in [-0.2, -0.15) is 0 Å². The lowest BCUT2D eigenvalue weighted by Crippen LogP contribution is -2.34. The number of benzene rings is 1. The van der Waals surface area contributed by atoms with Crippen molar-refractivity contribution in [3.8, 4) is 17.0 Å². The van der Waals surface area contributed by atoms with Gasteiger partial charge in [-0.25, -0.2) is 4.98 Å². The average Bonchev–Trinajstić information content (AvgIpc) is 2.80. The molecular weight excluding hydrogens is 360 g/mol. The van der Waals surface area contributed by atoms with Gasteiger partial charge in [0.1, 0.15) is 11.6 Å². The Hall–Kier alpha value is -2.92. The van der Waals surface area contributed by atoms with Gasteiger partial charge >= 0.3 is 0 Å². The Labute approximate surface area is 172 Å². The fourth-order valence-electron chi connectivity index (χ4n) is 4.07. The molecular formula is C24H28N4O. The number of hydrogen-bond acceptors (Lipinski definition) is 5.